The van der Waals surface area contributed by atoms with Gasteiger partial charge in [0.2, 0.25) is 5.91 Å². The fourth-order valence-corrected chi connectivity index (χ4v) is 5.18. The Labute approximate surface area is 212 Å². The molecule has 0 bridgehead atoms. The van der Waals surface area contributed by atoms with E-state index in [9.17, 15) is 14.7 Å². The fourth-order valence-electron chi connectivity index (χ4n) is 5.18. The number of hydrogen-bond acceptors (Lipinski definition) is 6. The van der Waals surface area contributed by atoms with Gasteiger partial charge in [0.05, 0.1) is 38.9 Å². The molecule has 36 heavy (non-hydrogen) atoms. The lowest BCUT2D eigenvalue weighted by Gasteiger charge is -2.39. The highest BCUT2D eigenvalue weighted by Crippen LogP contribution is 2.39. The molecule has 0 spiro atoms. The summed E-state index contributed by atoms with van der Waals surface area (Å²) in [4.78, 5) is 28.2. The van der Waals surface area contributed by atoms with Crippen LogP contribution in [0.3, 0.4) is 0 Å². The van der Waals surface area contributed by atoms with Gasteiger partial charge in [-0.15, -0.1) is 0 Å². The van der Waals surface area contributed by atoms with Crippen LogP contribution in [0, 0.1) is 5.92 Å². The van der Waals surface area contributed by atoms with Gasteiger partial charge in [0, 0.05) is 18.8 Å². The third-order valence-corrected chi connectivity index (χ3v) is 7.31. The molecule has 2 aromatic carbocycles. The van der Waals surface area contributed by atoms with Crippen LogP contribution in [0.15, 0.2) is 36.4 Å². The minimum Gasteiger partial charge on any atom is -0.493 e. The van der Waals surface area contributed by atoms with E-state index < -0.39 is 5.60 Å². The van der Waals surface area contributed by atoms with Crippen molar-refractivity contribution in [2.24, 2.45) is 5.92 Å². The van der Waals surface area contributed by atoms with Gasteiger partial charge in [-0.25, -0.2) is 4.79 Å². The summed E-state index contributed by atoms with van der Waals surface area (Å²) in [5.41, 5.74) is 2.51. The number of fused-ring (bicyclic) bond motifs is 1. The normalized spacial score (nSPS) is 18.0. The van der Waals surface area contributed by atoms with Crippen molar-refractivity contribution >= 4 is 17.7 Å². The highest BCUT2D eigenvalue weighted by Gasteiger charge is 2.37. The maximum Gasteiger partial charge on any atom is 0.409 e. The average molecular weight is 497 g/mol. The first-order valence-electron chi connectivity index (χ1n) is 12.5. The van der Waals surface area contributed by atoms with E-state index in [-0.39, 0.29) is 30.4 Å². The average Bonchev–Trinajstić information content (AvgIpc) is 2.87. The van der Waals surface area contributed by atoms with Crippen molar-refractivity contribution < 1.29 is 28.9 Å². The molecule has 0 aromatic heterocycles. The SMILES string of the molecule is COC(=O)N1CCC(C(C)(O)c2ccc(N3Cc4cc(OC(C)C)c(OC)cc4CC3=O)cc2)CC1. The van der Waals surface area contributed by atoms with Crippen LogP contribution in [-0.4, -0.2) is 55.4 Å². The number of aliphatic hydroxyl groups is 1. The van der Waals surface area contributed by atoms with E-state index >= 15 is 0 Å². The highest BCUT2D eigenvalue weighted by molar-refractivity contribution is 5.96. The molecule has 2 aliphatic rings. The van der Waals surface area contributed by atoms with E-state index in [1.807, 2.05) is 57.2 Å². The van der Waals surface area contributed by atoms with Crippen LogP contribution in [0.2, 0.25) is 0 Å². The Hall–Kier alpha value is -3.26. The summed E-state index contributed by atoms with van der Waals surface area (Å²) in [5.74, 6) is 1.33. The van der Waals surface area contributed by atoms with Crippen LogP contribution in [0.1, 0.15) is 50.3 Å². The topological polar surface area (TPSA) is 88.5 Å². The number of methoxy groups -OCH3 is 2. The van der Waals surface area contributed by atoms with Crippen LogP contribution in [0.4, 0.5) is 10.5 Å². The van der Waals surface area contributed by atoms with Crippen molar-refractivity contribution in [3.63, 3.8) is 0 Å². The molecular weight excluding hydrogens is 460 g/mol. The monoisotopic (exact) mass is 496 g/mol. The predicted octanol–water partition coefficient (Wildman–Crippen LogP) is 4.26. The van der Waals surface area contributed by atoms with Crippen LogP contribution >= 0.6 is 0 Å². The van der Waals surface area contributed by atoms with Gasteiger partial charge in [-0.1, -0.05) is 12.1 Å². The Kier molecular flexibility index (Phi) is 7.45. The van der Waals surface area contributed by atoms with Crippen LogP contribution in [0.5, 0.6) is 11.5 Å². The smallest absolute Gasteiger partial charge is 0.409 e. The van der Waals surface area contributed by atoms with E-state index in [4.69, 9.17) is 14.2 Å². The van der Waals surface area contributed by atoms with E-state index in [2.05, 4.69) is 0 Å². The quantitative estimate of drug-likeness (QED) is 0.643. The molecule has 2 aromatic rings. The molecule has 0 radical (unpaired) electrons. The molecule has 1 N–H and O–H groups in total. The van der Waals surface area contributed by atoms with Crippen molar-refractivity contribution in [3.05, 3.63) is 53.1 Å². The number of piperidine rings is 1. The highest BCUT2D eigenvalue weighted by atomic mass is 16.5. The number of ether oxygens (including phenoxy) is 3. The molecule has 4 rings (SSSR count). The Morgan fingerprint density at radius 3 is 2.28 bits per heavy atom. The number of nitrogens with zero attached hydrogens (tertiary/aromatic N) is 2. The van der Waals surface area contributed by atoms with Gasteiger partial charge in [-0.05, 0) is 80.5 Å². The zero-order chi connectivity index (χ0) is 26.0. The summed E-state index contributed by atoms with van der Waals surface area (Å²) in [5, 5.41) is 11.4. The number of amides is 2. The third kappa shape index (κ3) is 5.14. The third-order valence-electron chi connectivity index (χ3n) is 7.31. The molecule has 1 saturated heterocycles. The van der Waals surface area contributed by atoms with Crippen LogP contribution in [-0.2, 0) is 28.1 Å². The molecule has 1 fully saturated rings. The number of likely N-dealkylation sites (tertiary alicyclic amines) is 1. The number of anilines is 1. The molecule has 8 heteroatoms. The second kappa shape index (κ2) is 10.4. The first-order chi connectivity index (χ1) is 17.1. The molecular formula is C28H36N2O6. The van der Waals surface area contributed by atoms with E-state index in [0.717, 1.165) is 22.4 Å². The minimum absolute atomic E-state index is 0.00585. The van der Waals surface area contributed by atoms with Crippen LogP contribution in [0.25, 0.3) is 0 Å². The Morgan fingerprint density at radius 2 is 1.69 bits per heavy atom. The zero-order valence-corrected chi connectivity index (χ0v) is 21.7. The molecule has 2 heterocycles. The molecule has 194 valence electrons. The number of rotatable bonds is 6. The lowest BCUT2D eigenvalue weighted by atomic mass is 9.77. The van der Waals surface area contributed by atoms with Crippen molar-refractivity contribution in [3.8, 4) is 11.5 Å². The second-order valence-corrected chi connectivity index (χ2v) is 10.0. The lowest BCUT2D eigenvalue weighted by Crippen LogP contribution is -2.44. The summed E-state index contributed by atoms with van der Waals surface area (Å²) in [7, 11) is 2.98. The summed E-state index contributed by atoms with van der Waals surface area (Å²) >= 11 is 0. The number of hydrogen-bond donors (Lipinski definition) is 1. The maximum absolute atomic E-state index is 13.0. The van der Waals surface area contributed by atoms with Crippen molar-refractivity contribution in [1.82, 2.24) is 4.90 Å². The van der Waals surface area contributed by atoms with Crippen molar-refractivity contribution in [2.45, 2.75) is 58.3 Å². The Bertz CT molecular complexity index is 1100. The molecule has 8 nitrogen and oxygen atoms in total. The number of carbonyl (C=O) groups excluding carboxylic acids is 2. The van der Waals surface area contributed by atoms with Gasteiger partial charge >= 0.3 is 6.09 Å². The largest absolute Gasteiger partial charge is 0.493 e. The maximum atomic E-state index is 13.0. The molecule has 2 aliphatic heterocycles. The molecule has 0 saturated carbocycles. The summed E-state index contributed by atoms with van der Waals surface area (Å²) in [6.07, 6.45) is 1.34. The summed E-state index contributed by atoms with van der Waals surface area (Å²) < 4.78 is 16.2. The lowest BCUT2D eigenvalue weighted by molar-refractivity contribution is -0.118. The van der Waals surface area contributed by atoms with Gasteiger partial charge in [-0.3, -0.25) is 4.79 Å². The Balaban J connectivity index is 1.50. The molecule has 0 aliphatic carbocycles. The summed E-state index contributed by atoms with van der Waals surface area (Å²) in [6, 6.07) is 11.4. The fraction of sp³-hybridized carbons (Fsp3) is 0.500. The predicted molar refractivity (Wildman–Crippen MR) is 136 cm³/mol. The molecule has 1 unspecified atom stereocenters. The van der Waals surface area contributed by atoms with Crippen molar-refractivity contribution in [1.29, 1.82) is 0 Å². The first-order valence-corrected chi connectivity index (χ1v) is 12.5. The minimum atomic E-state index is -1.04. The van der Waals surface area contributed by atoms with Gasteiger partial charge in [0.25, 0.3) is 0 Å². The van der Waals surface area contributed by atoms with Gasteiger partial charge in [0.1, 0.15) is 0 Å². The summed E-state index contributed by atoms with van der Waals surface area (Å²) in [6.45, 7) is 7.31. The standard InChI is InChI=1S/C28H36N2O6/c1-18(2)36-25-15-20-17-30(26(31)16-19(20)14-24(25)34-4)23-8-6-21(7-9-23)28(3,33)22-10-12-29(13-11-22)27(32)35-5/h6-9,14-15,18,22,33H,10-13,16-17H2,1-5H3. The zero-order valence-electron chi connectivity index (χ0n) is 21.7. The number of benzene rings is 2. The van der Waals surface area contributed by atoms with E-state index in [0.29, 0.717) is 44.0 Å². The molecule has 1 atom stereocenters. The van der Waals surface area contributed by atoms with Crippen LogP contribution < -0.4 is 14.4 Å². The Morgan fingerprint density at radius 1 is 1.06 bits per heavy atom. The van der Waals surface area contributed by atoms with Gasteiger partial charge < -0.3 is 29.1 Å². The van der Waals surface area contributed by atoms with E-state index in [1.165, 1.54) is 7.11 Å². The van der Waals surface area contributed by atoms with E-state index in [1.54, 1.807) is 16.9 Å². The second-order valence-electron chi connectivity index (χ2n) is 10.0. The first kappa shape index (κ1) is 25.8. The van der Waals surface area contributed by atoms with Gasteiger partial charge in [0.15, 0.2) is 11.5 Å². The number of carbonyl (C=O) groups is 2. The molecule has 2 amide bonds. The van der Waals surface area contributed by atoms with Gasteiger partial charge in [-0.2, -0.15) is 0 Å². The van der Waals surface area contributed by atoms with Crippen molar-refractivity contribution in [2.75, 3.05) is 32.2 Å².